The van der Waals surface area contributed by atoms with Gasteiger partial charge in [-0.05, 0) is 37.6 Å². The van der Waals surface area contributed by atoms with Crippen LogP contribution in [0.3, 0.4) is 0 Å². The third-order valence-corrected chi connectivity index (χ3v) is 4.06. The number of ether oxygens (including phenoxy) is 1. The number of rotatable bonds is 6. The molecule has 0 unspecified atom stereocenters. The molecule has 3 aromatic rings. The van der Waals surface area contributed by atoms with Crippen molar-refractivity contribution in [3.8, 4) is 5.75 Å². The lowest BCUT2D eigenvalue weighted by Crippen LogP contribution is -2.23. The number of nitrogens with zero attached hydrogens (tertiary/aromatic N) is 2. The standard InChI is InChI=1S/C17H22N4O/c1-12(17-19-9-10-21(17)2)18-8-7-13-11-20-14-5-4-6-15(22-3)16(13)14/h4-6,9-12,18,20H,7-8H2,1-3H3/t12-/m0/s1. The van der Waals surface area contributed by atoms with E-state index < -0.39 is 0 Å². The van der Waals surface area contributed by atoms with Crippen LogP contribution < -0.4 is 10.1 Å². The summed E-state index contributed by atoms with van der Waals surface area (Å²) < 4.78 is 7.52. The summed E-state index contributed by atoms with van der Waals surface area (Å²) in [7, 11) is 3.73. The quantitative estimate of drug-likeness (QED) is 0.736. The fraction of sp³-hybridized carbons (Fsp3) is 0.353. The molecule has 0 aliphatic heterocycles. The molecule has 5 nitrogen and oxygen atoms in total. The van der Waals surface area contributed by atoms with E-state index in [9.17, 15) is 0 Å². The van der Waals surface area contributed by atoms with E-state index in [4.69, 9.17) is 4.74 Å². The van der Waals surface area contributed by atoms with E-state index in [1.807, 2.05) is 36.1 Å². The van der Waals surface area contributed by atoms with E-state index >= 15 is 0 Å². The maximum Gasteiger partial charge on any atom is 0.128 e. The van der Waals surface area contributed by atoms with Crippen LogP contribution in [-0.4, -0.2) is 28.2 Å². The third-order valence-electron chi connectivity index (χ3n) is 4.06. The predicted molar refractivity (Wildman–Crippen MR) is 88.2 cm³/mol. The first-order valence-electron chi connectivity index (χ1n) is 7.54. The Balaban J connectivity index is 1.68. The molecule has 0 saturated heterocycles. The van der Waals surface area contributed by atoms with Gasteiger partial charge in [0.05, 0.1) is 13.2 Å². The van der Waals surface area contributed by atoms with Gasteiger partial charge >= 0.3 is 0 Å². The average molecular weight is 298 g/mol. The van der Waals surface area contributed by atoms with E-state index in [1.165, 1.54) is 10.9 Å². The molecule has 5 heteroatoms. The molecule has 22 heavy (non-hydrogen) atoms. The third kappa shape index (κ3) is 2.72. The highest BCUT2D eigenvalue weighted by Crippen LogP contribution is 2.28. The number of H-pyrrole nitrogens is 1. The maximum atomic E-state index is 5.47. The van der Waals surface area contributed by atoms with Crippen LogP contribution in [0.15, 0.2) is 36.8 Å². The predicted octanol–water partition coefficient (Wildman–Crippen LogP) is 2.80. The number of aryl methyl sites for hydroxylation is 1. The molecule has 0 saturated carbocycles. The van der Waals surface area contributed by atoms with Gasteiger partial charge in [0.1, 0.15) is 11.6 Å². The smallest absolute Gasteiger partial charge is 0.128 e. The first kappa shape index (κ1) is 14.7. The molecular weight excluding hydrogens is 276 g/mol. The van der Waals surface area contributed by atoms with Crippen LogP contribution in [0, 0.1) is 0 Å². The van der Waals surface area contributed by atoms with Crippen LogP contribution in [0.2, 0.25) is 0 Å². The van der Waals surface area contributed by atoms with Crippen molar-refractivity contribution in [3.05, 3.63) is 48.2 Å². The molecule has 2 heterocycles. The lowest BCUT2D eigenvalue weighted by atomic mass is 10.1. The topological polar surface area (TPSA) is 54.9 Å². The summed E-state index contributed by atoms with van der Waals surface area (Å²) >= 11 is 0. The van der Waals surface area contributed by atoms with Gasteiger partial charge in [-0.2, -0.15) is 0 Å². The Bertz CT molecular complexity index is 759. The number of benzene rings is 1. The van der Waals surface area contributed by atoms with E-state index in [1.54, 1.807) is 7.11 Å². The van der Waals surface area contributed by atoms with Crippen molar-refractivity contribution in [3.63, 3.8) is 0 Å². The number of fused-ring (bicyclic) bond motifs is 1. The van der Waals surface area contributed by atoms with Gasteiger partial charge in [-0.3, -0.25) is 0 Å². The molecule has 0 aliphatic rings. The second kappa shape index (κ2) is 6.23. The fourth-order valence-corrected chi connectivity index (χ4v) is 2.90. The van der Waals surface area contributed by atoms with Crippen LogP contribution in [0.1, 0.15) is 24.4 Å². The Morgan fingerprint density at radius 2 is 2.27 bits per heavy atom. The maximum absolute atomic E-state index is 5.47. The molecule has 3 rings (SSSR count). The Morgan fingerprint density at radius 1 is 1.41 bits per heavy atom. The molecule has 1 atom stereocenters. The molecule has 1 aromatic carbocycles. The molecule has 2 aromatic heterocycles. The Morgan fingerprint density at radius 3 is 3.00 bits per heavy atom. The molecule has 0 bridgehead atoms. The second-order valence-electron chi connectivity index (χ2n) is 5.52. The highest BCUT2D eigenvalue weighted by Gasteiger charge is 2.11. The minimum absolute atomic E-state index is 0.229. The van der Waals surface area contributed by atoms with E-state index in [0.717, 1.165) is 30.1 Å². The summed E-state index contributed by atoms with van der Waals surface area (Å²) in [6, 6.07) is 6.31. The Kier molecular flexibility index (Phi) is 4.15. The summed E-state index contributed by atoms with van der Waals surface area (Å²) in [6.07, 6.45) is 6.81. The SMILES string of the molecule is COc1cccc2[nH]cc(CCN[C@@H](C)c3nccn3C)c12. The minimum atomic E-state index is 0.229. The second-order valence-corrected chi connectivity index (χ2v) is 5.52. The summed E-state index contributed by atoms with van der Waals surface area (Å²) in [4.78, 5) is 7.70. The zero-order valence-corrected chi connectivity index (χ0v) is 13.3. The number of hydrogen-bond acceptors (Lipinski definition) is 3. The van der Waals surface area contributed by atoms with Gasteiger partial charge in [-0.15, -0.1) is 0 Å². The molecule has 0 amide bonds. The zero-order valence-electron chi connectivity index (χ0n) is 13.3. The highest BCUT2D eigenvalue weighted by atomic mass is 16.5. The minimum Gasteiger partial charge on any atom is -0.496 e. The fourth-order valence-electron chi connectivity index (χ4n) is 2.90. The monoisotopic (exact) mass is 298 g/mol. The lowest BCUT2D eigenvalue weighted by molar-refractivity contribution is 0.419. The lowest BCUT2D eigenvalue weighted by Gasteiger charge is -2.13. The largest absolute Gasteiger partial charge is 0.496 e. The van der Waals surface area contributed by atoms with Crippen molar-refractivity contribution >= 4 is 10.9 Å². The number of aromatic nitrogens is 3. The molecule has 0 aliphatic carbocycles. The molecule has 0 radical (unpaired) electrons. The molecule has 2 N–H and O–H groups in total. The Hall–Kier alpha value is -2.27. The molecular formula is C17H22N4O. The van der Waals surface area contributed by atoms with Crippen molar-refractivity contribution in [2.24, 2.45) is 7.05 Å². The number of aromatic amines is 1. The van der Waals surface area contributed by atoms with Crippen molar-refractivity contribution in [2.75, 3.05) is 13.7 Å². The first-order chi connectivity index (χ1) is 10.7. The summed E-state index contributed by atoms with van der Waals surface area (Å²) in [6.45, 7) is 3.02. The van der Waals surface area contributed by atoms with Crippen molar-refractivity contribution in [1.29, 1.82) is 0 Å². The van der Waals surface area contributed by atoms with Crippen molar-refractivity contribution < 1.29 is 4.74 Å². The normalized spacial score (nSPS) is 12.7. The number of hydrogen-bond donors (Lipinski definition) is 2. The van der Waals surface area contributed by atoms with Crippen molar-refractivity contribution in [2.45, 2.75) is 19.4 Å². The number of methoxy groups -OCH3 is 1. The van der Waals surface area contributed by atoms with Crippen LogP contribution >= 0.6 is 0 Å². The van der Waals surface area contributed by atoms with Gasteiger partial charge < -0.3 is 19.6 Å². The van der Waals surface area contributed by atoms with Gasteiger partial charge in [0.25, 0.3) is 0 Å². The molecule has 0 fully saturated rings. The van der Waals surface area contributed by atoms with Gasteiger partial charge in [0.2, 0.25) is 0 Å². The number of nitrogens with one attached hydrogen (secondary N) is 2. The van der Waals surface area contributed by atoms with Crippen LogP contribution in [0.5, 0.6) is 5.75 Å². The van der Waals surface area contributed by atoms with Gasteiger partial charge in [-0.25, -0.2) is 4.98 Å². The van der Waals surface area contributed by atoms with Gasteiger partial charge in [0.15, 0.2) is 0 Å². The van der Waals surface area contributed by atoms with E-state index in [-0.39, 0.29) is 6.04 Å². The van der Waals surface area contributed by atoms with E-state index in [2.05, 4.69) is 34.5 Å². The van der Waals surface area contributed by atoms with E-state index in [0.29, 0.717) is 0 Å². The average Bonchev–Trinajstić information content (AvgIpc) is 3.13. The summed E-state index contributed by atoms with van der Waals surface area (Å²) in [5.74, 6) is 1.97. The summed E-state index contributed by atoms with van der Waals surface area (Å²) in [5, 5.41) is 4.71. The first-order valence-corrected chi connectivity index (χ1v) is 7.54. The molecule has 0 spiro atoms. The number of imidazole rings is 1. The highest BCUT2D eigenvalue weighted by molar-refractivity contribution is 5.89. The van der Waals surface area contributed by atoms with Gasteiger partial charge in [0, 0.05) is 36.5 Å². The van der Waals surface area contributed by atoms with Crippen LogP contribution in [0.4, 0.5) is 0 Å². The Labute approximate surface area is 130 Å². The van der Waals surface area contributed by atoms with Gasteiger partial charge in [-0.1, -0.05) is 6.07 Å². The van der Waals surface area contributed by atoms with Crippen molar-refractivity contribution in [1.82, 2.24) is 19.9 Å². The van der Waals surface area contributed by atoms with Crippen LogP contribution in [0.25, 0.3) is 10.9 Å². The van der Waals surface area contributed by atoms with Crippen LogP contribution in [-0.2, 0) is 13.5 Å². The summed E-state index contributed by atoms with van der Waals surface area (Å²) in [5.41, 5.74) is 2.39. The molecule has 116 valence electrons. The zero-order chi connectivity index (χ0) is 15.5.